The van der Waals surface area contributed by atoms with Crippen molar-refractivity contribution in [2.24, 2.45) is 0 Å². The number of hydrogen-bond donors (Lipinski definition) is 0. The monoisotopic (exact) mass is 193 g/mol. The van der Waals surface area contributed by atoms with Crippen molar-refractivity contribution in [2.45, 2.75) is 6.92 Å². The number of hydrogen-bond acceptors (Lipinski definition) is 2. The summed E-state index contributed by atoms with van der Waals surface area (Å²) in [5, 5.41) is 4.61. The van der Waals surface area contributed by atoms with Crippen LogP contribution >= 0.6 is 11.6 Å². The summed E-state index contributed by atoms with van der Waals surface area (Å²) in [6, 6.07) is 5.64. The Morgan fingerprint density at radius 3 is 2.77 bits per heavy atom. The van der Waals surface area contributed by atoms with Crippen LogP contribution in [0.4, 0.5) is 0 Å². The molecule has 0 unspecified atom stereocenters. The summed E-state index contributed by atoms with van der Waals surface area (Å²) in [6.07, 6.45) is 3.39. The zero-order valence-electron chi connectivity index (χ0n) is 7.11. The molecule has 2 rings (SSSR count). The molecule has 0 saturated heterocycles. The van der Waals surface area contributed by atoms with Crippen LogP contribution in [0.2, 0.25) is 5.15 Å². The number of rotatable bonds is 1. The Bertz CT molecular complexity index is 422. The number of halogens is 1. The van der Waals surface area contributed by atoms with Gasteiger partial charge in [0, 0.05) is 18.1 Å². The van der Waals surface area contributed by atoms with E-state index in [1.54, 1.807) is 17.1 Å². The predicted octanol–water partition coefficient (Wildman–Crippen LogP) is 2.23. The molecule has 0 spiro atoms. The summed E-state index contributed by atoms with van der Waals surface area (Å²) in [5.74, 6) is 0. The molecule has 0 aromatic carbocycles. The normalized spacial score (nSPS) is 10.3. The summed E-state index contributed by atoms with van der Waals surface area (Å²) in [7, 11) is 0. The third kappa shape index (κ3) is 1.42. The molecule has 0 bridgehead atoms. The number of nitrogens with zero attached hydrogens (tertiary/aromatic N) is 3. The number of aromatic nitrogens is 3. The fourth-order valence-electron chi connectivity index (χ4n) is 1.16. The summed E-state index contributed by atoms with van der Waals surface area (Å²) >= 11 is 5.92. The van der Waals surface area contributed by atoms with Crippen LogP contribution in [-0.2, 0) is 0 Å². The van der Waals surface area contributed by atoms with E-state index < -0.39 is 0 Å². The van der Waals surface area contributed by atoms with Gasteiger partial charge in [-0.25, -0.2) is 9.67 Å². The molecule has 0 fully saturated rings. The van der Waals surface area contributed by atoms with Crippen LogP contribution in [0.1, 0.15) is 5.69 Å². The van der Waals surface area contributed by atoms with Gasteiger partial charge in [-0.15, -0.1) is 0 Å². The van der Waals surface area contributed by atoms with E-state index in [4.69, 9.17) is 11.6 Å². The van der Waals surface area contributed by atoms with Gasteiger partial charge in [-0.3, -0.25) is 0 Å². The smallest absolute Gasteiger partial charge is 0.154 e. The second kappa shape index (κ2) is 3.18. The highest BCUT2D eigenvalue weighted by Gasteiger charge is 2.04. The first-order chi connectivity index (χ1) is 6.29. The maximum atomic E-state index is 5.92. The van der Waals surface area contributed by atoms with Crippen molar-refractivity contribution in [3.05, 3.63) is 41.4 Å². The molecule has 0 amide bonds. The third-order valence-corrected chi connectivity index (χ3v) is 2.09. The molecule has 2 aromatic heterocycles. The van der Waals surface area contributed by atoms with Crippen molar-refractivity contribution in [2.75, 3.05) is 0 Å². The van der Waals surface area contributed by atoms with E-state index in [0.717, 1.165) is 11.4 Å². The van der Waals surface area contributed by atoms with Gasteiger partial charge in [0.2, 0.25) is 0 Å². The molecule has 3 nitrogen and oxygen atoms in total. The minimum Gasteiger partial charge on any atom is -0.242 e. The van der Waals surface area contributed by atoms with E-state index in [1.807, 2.05) is 25.1 Å². The summed E-state index contributed by atoms with van der Waals surface area (Å²) < 4.78 is 1.76. The van der Waals surface area contributed by atoms with Crippen LogP contribution < -0.4 is 0 Å². The summed E-state index contributed by atoms with van der Waals surface area (Å²) in [4.78, 5) is 3.98. The molecular weight excluding hydrogens is 186 g/mol. The molecule has 0 N–H and O–H groups in total. The second-order valence-corrected chi connectivity index (χ2v) is 3.06. The first kappa shape index (κ1) is 8.26. The zero-order valence-corrected chi connectivity index (χ0v) is 7.86. The van der Waals surface area contributed by atoms with E-state index in [2.05, 4.69) is 10.1 Å². The van der Waals surface area contributed by atoms with Gasteiger partial charge >= 0.3 is 0 Å². The summed E-state index contributed by atoms with van der Waals surface area (Å²) in [6.45, 7) is 1.97. The highest BCUT2D eigenvalue weighted by molar-refractivity contribution is 6.31. The van der Waals surface area contributed by atoms with Crippen molar-refractivity contribution in [3.8, 4) is 5.69 Å². The lowest BCUT2D eigenvalue weighted by Crippen LogP contribution is -1.99. The van der Waals surface area contributed by atoms with Crippen LogP contribution in [0.5, 0.6) is 0 Å². The Labute approximate surface area is 81.0 Å². The quantitative estimate of drug-likeness (QED) is 0.651. The highest BCUT2D eigenvalue weighted by Crippen LogP contribution is 2.17. The molecule has 13 heavy (non-hydrogen) atoms. The van der Waals surface area contributed by atoms with E-state index in [1.165, 1.54) is 0 Å². The largest absolute Gasteiger partial charge is 0.242 e. The Morgan fingerprint density at radius 2 is 2.15 bits per heavy atom. The maximum Gasteiger partial charge on any atom is 0.154 e. The van der Waals surface area contributed by atoms with Gasteiger partial charge < -0.3 is 0 Å². The van der Waals surface area contributed by atoms with Gasteiger partial charge in [-0.1, -0.05) is 11.6 Å². The van der Waals surface area contributed by atoms with E-state index >= 15 is 0 Å². The molecule has 0 atom stereocenters. The van der Waals surface area contributed by atoms with Gasteiger partial charge in [-0.2, -0.15) is 5.10 Å². The third-order valence-electron chi connectivity index (χ3n) is 1.80. The molecule has 66 valence electrons. The fraction of sp³-hybridized carbons (Fsp3) is 0.111. The van der Waals surface area contributed by atoms with Crippen LogP contribution in [0, 0.1) is 6.92 Å². The molecule has 0 aliphatic carbocycles. The lowest BCUT2D eigenvalue weighted by molar-refractivity contribution is 0.842. The first-order valence-corrected chi connectivity index (χ1v) is 4.28. The Balaban J connectivity index is 2.59. The zero-order chi connectivity index (χ0) is 9.26. The van der Waals surface area contributed by atoms with Crippen molar-refractivity contribution in [3.63, 3.8) is 0 Å². The summed E-state index contributed by atoms with van der Waals surface area (Å²) in [5.41, 5.74) is 1.85. The Hall–Kier alpha value is -1.35. The predicted molar refractivity (Wildman–Crippen MR) is 51.1 cm³/mol. The Kier molecular flexibility index (Phi) is 2.02. The molecule has 2 heterocycles. The topological polar surface area (TPSA) is 30.7 Å². The van der Waals surface area contributed by atoms with Gasteiger partial charge in [0.1, 0.15) is 5.69 Å². The average Bonchev–Trinajstić information content (AvgIpc) is 2.52. The van der Waals surface area contributed by atoms with E-state index in [9.17, 15) is 0 Å². The average molecular weight is 194 g/mol. The van der Waals surface area contributed by atoms with Gasteiger partial charge in [-0.05, 0) is 25.1 Å². The SMILES string of the molecule is Cc1ccnn1-c1cccnc1Cl. The van der Waals surface area contributed by atoms with Crippen LogP contribution in [0.3, 0.4) is 0 Å². The molecule has 0 aliphatic rings. The first-order valence-electron chi connectivity index (χ1n) is 3.90. The van der Waals surface area contributed by atoms with Crippen LogP contribution in [0.15, 0.2) is 30.6 Å². The lowest BCUT2D eigenvalue weighted by atomic mass is 10.4. The molecule has 2 aromatic rings. The number of pyridine rings is 1. The van der Waals surface area contributed by atoms with Gasteiger partial charge in [0.15, 0.2) is 5.15 Å². The lowest BCUT2D eigenvalue weighted by Gasteiger charge is -2.04. The van der Waals surface area contributed by atoms with Gasteiger partial charge in [0.25, 0.3) is 0 Å². The van der Waals surface area contributed by atoms with Crippen LogP contribution in [0.25, 0.3) is 5.69 Å². The minimum atomic E-state index is 0.467. The van der Waals surface area contributed by atoms with Crippen molar-refractivity contribution in [1.82, 2.24) is 14.8 Å². The highest BCUT2D eigenvalue weighted by atomic mass is 35.5. The van der Waals surface area contributed by atoms with Crippen LogP contribution in [-0.4, -0.2) is 14.8 Å². The number of aryl methyl sites for hydroxylation is 1. The maximum absolute atomic E-state index is 5.92. The minimum absolute atomic E-state index is 0.467. The van der Waals surface area contributed by atoms with Crippen molar-refractivity contribution < 1.29 is 0 Å². The molecule has 0 saturated carbocycles. The fourth-order valence-corrected chi connectivity index (χ4v) is 1.36. The van der Waals surface area contributed by atoms with Crippen molar-refractivity contribution in [1.29, 1.82) is 0 Å². The second-order valence-electron chi connectivity index (χ2n) is 2.70. The molecule has 4 heteroatoms. The van der Waals surface area contributed by atoms with Crippen molar-refractivity contribution >= 4 is 11.6 Å². The Morgan fingerprint density at radius 1 is 1.31 bits per heavy atom. The molecule has 0 aliphatic heterocycles. The van der Waals surface area contributed by atoms with Gasteiger partial charge in [0.05, 0.1) is 0 Å². The molecular formula is C9H8ClN3. The van der Waals surface area contributed by atoms with E-state index in [-0.39, 0.29) is 0 Å². The van der Waals surface area contributed by atoms with E-state index in [0.29, 0.717) is 5.15 Å². The molecule has 0 radical (unpaired) electrons. The standard InChI is InChI=1S/C9H8ClN3/c1-7-4-6-12-13(7)8-3-2-5-11-9(8)10/h2-6H,1H3.